The second-order valence-electron chi connectivity index (χ2n) is 4.69. The molecule has 0 saturated heterocycles. The highest BCUT2D eigenvalue weighted by atomic mass is 16.6. The fraction of sp³-hybridized carbons (Fsp3) is 0.0625. The molecule has 0 unspecified atom stereocenters. The van der Waals surface area contributed by atoms with E-state index in [4.69, 9.17) is 0 Å². The Labute approximate surface area is 121 Å². The van der Waals surface area contributed by atoms with Crippen LogP contribution in [0.3, 0.4) is 0 Å². The van der Waals surface area contributed by atoms with Crippen LogP contribution in [-0.2, 0) is 6.54 Å². The van der Waals surface area contributed by atoms with Gasteiger partial charge in [0.15, 0.2) is 0 Å². The largest absolute Gasteiger partial charge is 0.342 e. The zero-order valence-electron chi connectivity index (χ0n) is 11.2. The molecule has 104 valence electrons. The van der Waals surface area contributed by atoms with E-state index in [1.165, 1.54) is 6.08 Å². The van der Waals surface area contributed by atoms with Gasteiger partial charge < -0.3 is 4.57 Å². The molecule has 2 aromatic heterocycles. The second-order valence-corrected chi connectivity index (χ2v) is 4.69. The van der Waals surface area contributed by atoms with E-state index < -0.39 is 4.92 Å². The molecule has 0 atom stereocenters. The molecule has 0 radical (unpaired) electrons. The maximum atomic E-state index is 10.5. The third-order valence-corrected chi connectivity index (χ3v) is 3.27. The van der Waals surface area contributed by atoms with E-state index in [0.29, 0.717) is 6.54 Å². The van der Waals surface area contributed by atoms with Gasteiger partial charge in [-0.15, -0.1) is 0 Å². The van der Waals surface area contributed by atoms with Gasteiger partial charge in [0.25, 0.3) is 0 Å². The van der Waals surface area contributed by atoms with Crippen molar-refractivity contribution in [1.82, 2.24) is 9.55 Å². The van der Waals surface area contributed by atoms with Gasteiger partial charge >= 0.3 is 0 Å². The van der Waals surface area contributed by atoms with Gasteiger partial charge in [-0.3, -0.25) is 15.1 Å². The van der Waals surface area contributed by atoms with Crippen LogP contribution in [0.15, 0.2) is 61.2 Å². The summed E-state index contributed by atoms with van der Waals surface area (Å²) in [5.41, 5.74) is 2.97. The molecular formula is C16H13N3O2. The van der Waals surface area contributed by atoms with E-state index in [-0.39, 0.29) is 0 Å². The monoisotopic (exact) mass is 279 g/mol. The van der Waals surface area contributed by atoms with E-state index in [1.54, 1.807) is 6.20 Å². The van der Waals surface area contributed by atoms with Crippen molar-refractivity contribution in [1.29, 1.82) is 0 Å². The summed E-state index contributed by atoms with van der Waals surface area (Å²) in [6.45, 7) is 0.681. The first-order chi connectivity index (χ1) is 10.2. The van der Waals surface area contributed by atoms with Crippen LogP contribution in [0, 0.1) is 10.1 Å². The van der Waals surface area contributed by atoms with E-state index in [2.05, 4.69) is 9.55 Å². The first kappa shape index (κ1) is 13.1. The van der Waals surface area contributed by atoms with E-state index in [1.807, 2.05) is 48.8 Å². The highest BCUT2D eigenvalue weighted by molar-refractivity contribution is 5.89. The Bertz CT molecular complexity index is 807. The van der Waals surface area contributed by atoms with Crippen molar-refractivity contribution >= 4 is 17.0 Å². The zero-order valence-corrected chi connectivity index (χ0v) is 11.2. The first-order valence-electron chi connectivity index (χ1n) is 6.52. The molecule has 0 bridgehead atoms. The molecule has 0 aliphatic rings. The molecule has 5 heteroatoms. The fourth-order valence-electron chi connectivity index (χ4n) is 2.37. The summed E-state index contributed by atoms with van der Waals surface area (Å²) >= 11 is 0. The lowest BCUT2D eigenvalue weighted by Crippen LogP contribution is -1.97. The summed E-state index contributed by atoms with van der Waals surface area (Å²) in [5, 5.41) is 11.5. The van der Waals surface area contributed by atoms with E-state index in [9.17, 15) is 10.1 Å². The fourth-order valence-corrected chi connectivity index (χ4v) is 2.37. The van der Waals surface area contributed by atoms with Crippen LogP contribution in [0.5, 0.6) is 0 Å². The molecule has 0 N–H and O–H groups in total. The molecule has 3 rings (SSSR count). The molecule has 2 heterocycles. The third kappa shape index (κ3) is 2.81. The number of benzene rings is 1. The Morgan fingerprint density at radius 2 is 2.10 bits per heavy atom. The summed E-state index contributed by atoms with van der Waals surface area (Å²) in [6, 6.07) is 11.8. The zero-order chi connectivity index (χ0) is 14.7. The number of nitrogens with zero attached hydrogens (tertiary/aromatic N) is 3. The summed E-state index contributed by atoms with van der Waals surface area (Å²) in [4.78, 5) is 14.2. The SMILES string of the molecule is O=[N+]([O-])C=Cc1cn(Cc2cccnc2)c2ccccc12. The van der Waals surface area contributed by atoms with Gasteiger partial charge in [0.05, 0.1) is 4.92 Å². The van der Waals surface area contributed by atoms with Crippen molar-refractivity contribution in [2.45, 2.75) is 6.54 Å². The number of pyridine rings is 1. The average Bonchev–Trinajstić information content (AvgIpc) is 2.85. The number of hydrogen-bond acceptors (Lipinski definition) is 3. The third-order valence-electron chi connectivity index (χ3n) is 3.27. The molecule has 0 aliphatic heterocycles. The number of nitro groups is 1. The van der Waals surface area contributed by atoms with Crippen molar-refractivity contribution in [3.8, 4) is 0 Å². The lowest BCUT2D eigenvalue weighted by atomic mass is 10.2. The summed E-state index contributed by atoms with van der Waals surface area (Å²) in [6.07, 6.45) is 7.99. The van der Waals surface area contributed by atoms with Crippen LogP contribution < -0.4 is 0 Å². The van der Waals surface area contributed by atoms with Gasteiger partial charge in [-0.25, -0.2) is 0 Å². The minimum absolute atomic E-state index is 0.451. The lowest BCUT2D eigenvalue weighted by Gasteiger charge is -2.04. The molecule has 1 aromatic carbocycles. The van der Waals surface area contributed by atoms with Crippen LogP contribution in [0.2, 0.25) is 0 Å². The number of para-hydroxylation sites is 1. The summed E-state index contributed by atoms with van der Waals surface area (Å²) in [5.74, 6) is 0. The molecule has 21 heavy (non-hydrogen) atoms. The Kier molecular flexibility index (Phi) is 3.47. The predicted octanol–water partition coefficient (Wildman–Crippen LogP) is 3.33. The lowest BCUT2D eigenvalue weighted by molar-refractivity contribution is -0.400. The van der Waals surface area contributed by atoms with Crippen molar-refractivity contribution in [2.24, 2.45) is 0 Å². The first-order valence-corrected chi connectivity index (χ1v) is 6.52. The molecule has 0 spiro atoms. The standard InChI is InChI=1S/C16H13N3O2/c20-19(21)9-7-14-12-18(11-13-4-3-8-17-10-13)16-6-2-1-5-15(14)16/h1-10,12H,11H2. The minimum atomic E-state index is -0.451. The normalized spacial score (nSPS) is 11.2. The number of rotatable bonds is 4. The highest BCUT2D eigenvalue weighted by Gasteiger charge is 2.07. The quantitative estimate of drug-likeness (QED) is 0.543. The molecule has 0 saturated carbocycles. The van der Waals surface area contributed by atoms with Crippen LogP contribution >= 0.6 is 0 Å². The molecule has 3 aromatic rings. The van der Waals surface area contributed by atoms with Gasteiger partial charge in [-0.2, -0.15) is 0 Å². The Hall–Kier alpha value is -2.95. The molecule has 0 fully saturated rings. The highest BCUT2D eigenvalue weighted by Crippen LogP contribution is 2.23. The van der Waals surface area contributed by atoms with Crippen LogP contribution in [-0.4, -0.2) is 14.5 Å². The van der Waals surface area contributed by atoms with Crippen molar-refractivity contribution in [3.05, 3.63) is 82.4 Å². The van der Waals surface area contributed by atoms with Gasteiger partial charge in [-0.1, -0.05) is 24.3 Å². The van der Waals surface area contributed by atoms with Gasteiger partial charge in [0.2, 0.25) is 6.20 Å². The van der Waals surface area contributed by atoms with Crippen LogP contribution in [0.25, 0.3) is 17.0 Å². The van der Waals surface area contributed by atoms with Gasteiger partial charge in [-0.05, 0) is 17.7 Å². The van der Waals surface area contributed by atoms with Gasteiger partial charge in [0, 0.05) is 47.7 Å². The number of hydrogen-bond donors (Lipinski definition) is 0. The Morgan fingerprint density at radius 1 is 1.24 bits per heavy atom. The average molecular weight is 279 g/mol. The second kappa shape index (κ2) is 5.58. The number of aromatic nitrogens is 2. The molecule has 0 aliphatic carbocycles. The summed E-state index contributed by atoms with van der Waals surface area (Å²) < 4.78 is 2.08. The Balaban J connectivity index is 2.05. The van der Waals surface area contributed by atoms with Crippen LogP contribution in [0.1, 0.15) is 11.1 Å². The van der Waals surface area contributed by atoms with Crippen LogP contribution in [0.4, 0.5) is 0 Å². The Morgan fingerprint density at radius 3 is 2.86 bits per heavy atom. The smallest absolute Gasteiger partial charge is 0.235 e. The summed E-state index contributed by atoms with van der Waals surface area (Å²) in [7, 11) is 0. The topological polar surface area (TPSA) is 61.0 Å². The number of fused-ring (bicyclic) bond motifs is 1. The maximum Gasteiger partial charge on any atom is 0.235 e. The van der Waals surface area contributed by atoms with Crippen molar-refractivity contribution in [3.63, 3.8) is 0 Å². The van der Waals surface area contributed by atoms with Crippen molar-refractivity contribution < 1.29 is 4.92 Å². The van der Waals surface area contributed by atoms with Crippen molar-refractivity contribution in [2.75, 3.05) is 0 Å². The van der Waals surface area contributed by atoms with E-state index in [0.717, 1.165) is 28.2 Å². The molecular weight excluding hydrogens is 266 g/mol. The van der Waals surface area contributed by atoms with E-state index >= 15 is 0 Å². The predicted molar refractivity (Wildman–Crippen MR) is 81.3 cm³/mol. The van der Waals surface area contributed by atoms with Gasteiger partial charge in [0.1, 0.15) is 0 Å². The molecule has 0 amide bonds. The molecule has 5 nitrogen and oxygen atoms in total. The minimum Gasteiger partial charge on any atom is -0.342 e. The maximum absolute atomic E-state index is 10.5.